The van der Waals surface area contributed by atoms with E-state index in [-0.39, 0.29) is 23.0 Å². The monoisotopic (exact) mass is 493 g/mol. The largest absolute Gasteiger partial charge is 0.416 e. The van der Waals surface area contributed by atoms with Gasteiger partial charge in [0.2, 0.25) is 11.8 Å². The summed E-state index contributed by atoms with van der Waals surface area (Å²) in [4.78, 5) is 26.6. The maximum atomic E-state index is 13.1. The summed E-state index contributed by atoms with van der Waals surface area (Å²) >= 11 is 0. The molecule has 2 heterocycles. The summed E-state index contributed by atoms with van der Waals surface area (Å²) in [5.41, 5.74) is -0.584. The first-order chi connectivity index (χ1) is 16.0. The van der Waals surface area contributed by atoms with Crippen molar-refractivity contribution in [3.8, 4) is 0 Å². The number of hydrogen-bond donors (Lipinski definition) is 1. The van der Waals surface area contributed by atoms with Crippen LogP contribution in [0.3, 0.4) is 0 Å². The molecule has 2 aromatic carbocycles. The third-order valence-corrected chi connectivity index (χ3v) is 7.28. The first-order valence-electron chi connectivity index (χ1n) is 10.6. The molecule has 4 rings (SSSR count). The average molecular weight is 494 g/mol. The van der Waals surface area contributed by atoms with Crippen molar-refractivity contribution >= 4 is 38.2 Å². The van der Waals surface area contributed by atoms with Crippen LogP contribution >= 0.6 is 0 Å². The first-order valence-corrected chi connectivity index (χ1v) is 12.3. The highest BCUT2D eigenvalue weighted by Gasteiger charge is 2.31. The molecule has 11 heteroatoms. The molecule has 34 heavy (non-hydrogen) atoms. The fourth-order valence-corrected chi connectivity index (χ4v) is 5.39. The number of hydrogen-bond acceptors (Lipinski definition) is 4. The predicted molar refractivity (Wildman–Crippen MR) is 120 cm³/mol. The molecule has 1 aromatic heterocycles. The van der Waals surface area contributed by atoms with Crippen LogP contribution in [0.15, 0.2) is 59.6 Å². The maximum Gasteiger partial charge on any atom is 0.416 e. The van der Waals surface area contributed by atoms with Gasteiger partial charge in [-0.05, 0) is 37.1 Å². The number of nitrogens with one attached hydrogen (secondary N) is 1. The summed E-state index contributed by atoms with van der Waals surface area (Å²) in [7, 11) is -4.16. The fourth-order valence-electron chi connectivity index (χ4n) is 4.02. The van der Waals surface area contributed by atoms with Crippen LogP contribution in [0.2, 0.25) is 0 Å². The predicted octanol–water partition coefficient (Wildman–Crippen LogP) is 3.69. The molecule has 7 nitrogen and oxygen atoms in total. The Kier molecular flexibility index (Phi) is 6.39. The van der Waals surface area contributed by atoms with Crippen LogP contribution in [0.4, 0.5) is 18.9 Å². The van der Waals surface area contributed by atoms with E-state index in [0.29, 0.717) is 24.0 Å². The van der Waals surface area contributed by atoms with Crippen LogP contribution in [-0.2, 0) is 32.1 Å². The van der Waals surface area contributed by atoms with E-state index in [1.807, 2.05) is 0 Å². The van der Waals surface area contributed by atoms with Gasteiger partial charge in [0, 0.05) is 35.9 Å². The SMILES string of the molecule is O=C(CS(=O)(=O)c1cn(CC(=O)N2CCCC2)c2ccccc12)Nc1cccc(C(F)(F)F)c1. The van der Waals surface area contributed by atoms with Gasteiger partial charge in [-0.3, -0.25) is 9.59 Å². The van der Waals surface area contributed by atoms with Gasteiger partial charge in [-0.2, -0.15) is 13.2 Å². The number of anilines is 1. The van der Waals surface area contributed by atoms with Crippen molar-refractivity contribution in [3.63, 3.8) is 0 Å². The van der Waals surface area contributed by atoms with Crippen molar-refractivity contribution in [3.05, 3.63) is 60.3 Å². The Hall–Kier alpha value is -3.34. The fraction of sp³-hybridized carbons (Fsp3) is 0.304. The molecule has 0 aliphatic carbocycles. The second-order valence-electron chi connectivity index (χ2n) is 8.11. The summed E-state index contributed by atoms with van der Waals surface area (Å²) in [5.74, 6) is -2.05. The lowest BCUT2D eigenvalue weighted by Gasteiger charge is -2.15. The average Bonchev–Trinajstić information content (AvgIpc) is 3.42. The molecule has 0 bridgehead atoms. The zero-order valence-electron chi connectivity index (χ0n) is 18.0. The summed E-state index contributed by atoms with van der Waals surface area (Å²) in [6, 6.07) is 10.6. The molecule has 1 N–H and O–H groups in total. The number of rotatable bonds is 6. The zero-order valence-corrected chi connectivity index (χ0v) is 18.8. The van der Waals surface area contributed by atoms with E-state index < -0.39 is 33.2 Å². The summed E-state index contributed by atoms with van der Waals surface area (Å²) in [5, 5.41) is 2.58. The van der Waals surface area contributed by atoms with Gasteiger partial charge in [0.25, 0.3) is 0 Å². The number of benzene rings is 2. The Morgan fingerprint density at radius 2 is 1.71 bits per heavy atom. The minimum atomic E-state index is -4.60. The number of sulfone groups is 1. The third-order valence-electron chi connectivity index (χ3n) is 5.65. The lowest BCUT2D eigenvalue weighted by atomic mass is 10.2. The van der Waals surface area contributed by atoms with E-state index in [1.165, 1.54) is 12.3 Å². The second-order valence-corrected chi connectivity index (χ2v) is 10.1. The van der Waals surface area contributed by atoms with Crippen molar-refractivity contribution in [2.75, 3.05) is 24.2 Å². The molecule has 2 amide bonds. The van der Waals surface area contributed by atoms with Gasteiger partial charge in [0.05, 0.1) is 10.5 Å². The lowest BCUT2D eigenvalue weighted by molar-refractivity contribution is -0.137. The Labute approximate surface area is 194 Å². The summed E-state index contributed by atoms with van der Waals surface area (Å²) in [6.45, 7) is 1.30. The number of likely N-dealkylation sites (tertiary alicyclic amines) is 1. The Bertz CT molecular complexity index is 1340. The molecule has 0 saturated carbocycles. The van der Waals surface area contributed by atoms with E-state index in [9.17, 15) is 31.2 Å². The molecule has 0 spiro atoms. The molecular weight excluding hydrogens is 471 g/mol. The Morgan fingerprint density at radius 1 is 1.00 bits per heavy atom. The lowest BCUT2D eigenvalue weighted by Crippen LogP contribution is -2.30. The van der Waals surface area contributed by atoms with Crippen molar-refractivity contribution in [2.24, 2.45) is 0 Å². The molecule has 0 radical (unpaired) electrons. The van der Waals surface area contributed by atoms with Crippen LogP contribution in [-0.4, -0.2) is 48.5 Å². The van der Waals surface area contributed by atoms with Gasteiger partial charge in [-0.15, -0.1) is 0 Å². The molecular formula is C23H22F3N3O4S. The molecule has 0 unspecified atom stereocenters. The Balaban J connectivity index is 1.56. The van der Waals surface area contributed by atoms with Gasteiger partial charge in [0.1, 0.15) is 12.3 Å². The van der Waals surface area contributed by atoms with Crippen LogP contribution in [0.1, 0.15) is 18.4 Å². The molecule has 3 aromatic rings. The zero-order chi connectivity index (χ0) is 24.5. The van der Waals surface area contributed by atoms with Gasteiger partial charge in [-0.25, -0.2) is 8.42 Å². The highest BCUT2D eigenvalue weighted by molar-refractivity contribution is 7.92. The van der Waals surface area contributed by atoms with E-state index in [0.717, 1.165) is 31.0 Å². The number of fused-ring (bicyclic) bond motifs is 1. The van der Waals surface area contributed by atoms with Crippen molar-refractivity contribution < 1.29 is 31.2 Å². The van der Waals surface area contributed by atoms with E-state index in [2.05, 4.69) is 5.32 Å². The Morgan fingerprint density at radius 3 is 2.41 bits per heavy atom. The molecule has 1 aliphatic heterocycles. The second kappa shape index (κ2) is 9.13. The maximum absolute atomic E-state index is 13.1. The quantitative estimate of drug-likeness (QED) is 0.567. The number of halogens is 3. The molecule has 1 fully saturated rings. The normalized spacial score (nSPS) is 14.5. The molecule has 1 aliphatic rings. The molecule has 0 atom stereocenters. The number of carbonyl (C=O) groups is 2. The third kappa shape index (κ3) is 5.09. The van der Waals surface area contributed by atoms with E-state index >= 15 is 0 Å². The molecule has 180 valence electrons. The van der Waals surface area contributed by atoms with E-state index in [1.54, 1.807) is 33.7 Å². The van der Waals surface area contributed by atoms with Crippen LogP contribution in [0, 0.1) is 0 Å². The van der Waals surface area contributed by atoms with Crippen LogP contribution in [0.25, 0.3) is 10.9 Å². The first kappa shape index (κ1) is 23.8. The topological polar surface area (TPSA) is 88.5 Å². The van der Waals surface area contributed by atoms with Crippen LogP contribution in [0.5, 0.6) is 0 Å². The standard InChI is InChI=1S/C23H22F3N3O4S/c24-23(25,26)16-6-5-7-17(12-16)27-21(30)15-34(32,33)20-13-29(19-9-2-1-8-18(19)20)14-22(31)28-10-3-4-11-28/h1-2,5-9,12-13H,3-4,10-11,14-15H2,(H,27,30). The number of alkyl halides is 3. The number of para-hydroxylation sites is 1. The minimum absolute atomic E-state index is 0.0353. The highest BCUT2D eigenvalue weighted by Crippen LogP contribution is 2.31. The minimum Gasteiger partial charge on any atom is -0.341 e. The van der Waals surface area contributed by atoms with Crippen molar-refractivity contribution in [1.29, 1.82) is 0 Å². The number of aromatic nitrogens is 1. The van der Waals surface area contributed by atoms with Gasteiger partial charge < -0.3 is 14.8 Å². The number of amides is 2. The van der Waals surface area contributed by atoms with Gasteiger partial charge >= 0.3 is 6.18 Å². The number of carbonyl (C=O) groups excluding carboxylic acids is 2. The van der Waals surface area contributed by atoms with Crippen LogP contribution < -0.4 is 5.32 Å². The molecule has 1 saturated heterocycles. The summed E-state index contributed by atoms with van der Waals surface area (Å²) < 4.78 is 66.4. The summed E-state index contributed by atoms with van der Waals surface area (Å²) in [6.07, 6.45) is -1.40. The van der Waals surface area contributed by atoms with Gasteiger partial charge in [-0.1, -0.05) is 24.3 Å². The smallest absolute Gasteiger partial charge is 0.341 e. The van der Waals surface area contributed by atoms with Gasteiger partial charge in [0.15, 0.2) is 9.84 Å². The highest BCUT2D eigenvalue weighted by atomic mass is 32.2. The van der Waals surface area contributed by atoms with Crippen molar-refractivity contribution in [2.45, 2.75) is 30.5 Å². The van der Waals surface area contributed by atoms with E-state index in [4.69, 9.17) is 0 Å². The van der Waals surface area contributed by atoms with Crippen molar-refractivity contribution in [1.82, 2.24) is 9.47 Å². The number of nitrogens with zero attached hydrogens (tertiary/aromatic N) is 2.